The molecular formula is C8H15NS. The van der Waals surface area contributed by atoms with Gasteiger partial charge in [-0.3, -0.25) is 4.31 Å². The van der Waals surface area contributed by atoms with Crippen LogP contribution in [0, 0.1) is 5.92 Å². The molecule has 2 fully saturated rings. The number of nitrogens with zero attached hydrogens (tertiary/aromatic N) is 1. The lowest BCUT2D eigenvalue weighted by Gasteiger charge is -2.17. The van der Waals surface area contributed by atoms with Crippen LogP contribution in [0.1, 0.15) is 25.7 Å². The maximum atomic E-state index is 2.56. The van der Waals surface area contributed by atoms with E-state index in [2.05, 4.69) is 16.3 Å². The molecular weight excluding hydrogens is 142 g/mol. The number of hydrogen-bond acceptors (Lipinski definition) is 2. The molecule has 0 amide bonds. The SMILES string of the molecule is C1CC2CCSN(C1)CC2. The van der Waals surface area contributed by atoms with E-state index in [1.165, 1.54) is 44.5 Å². The minimum absolute atomic E-state index is 1.07. The van der Waals surface area contributed by atoms with Gasteiger partial charge in [0, 0.05) is 18.8 Å². The molecule has 2 rings (SSSR count). The third-order valence-corrected chi connectivity index (χ3v) is 3.76. The third kappa shape index (κ3) is 1.48. The zero-order chi connectivity index (χ0) is 6.81. The van der Waals surface area contributed by atoms with E-state index >= 15 is 0 Å². The van der Waals surface area contributed by atoms with Crippen molar-refractivity contribution in [3.05, 3.63) is 0 Å². The first-order valence-electron chi connectivity index (χ1n) is 4.33. The second-order valence-electron chi connectivity index (χ2n) is 3.35. The fourth-order valence-corrected chi connectivity index (χ4v) is 3.09. The van der Waals surface area contributed by atoms with E-state index in [4.69, 9.17) is 0 Å². The van der Waals surface area contributed by atoms with Gasteiger partial charge in [-0.05, 0) is 31.6 Å². The summed E-state index contributed by atoms with van der Waals surface area (Å²) < 4.78 is 2.56. The van der Waals surface area contributed by atoms with Gasteiger partial charge in [0.05, 0.1) is 0 Å². The van der Waals surface area contributed by atoms with Crippen LogP contribution in [0.15, 0.2) is 0 Å². The van der Waals surface area contributed by atoms with Gasteiger partial charge in [0.2, 0.25) is 0 Å². The molecule has 0 aromatic heterocycles. The molecule has 2 unspecified atom stereocenters. The van der Waals surface area contributed by atoms with Crippen LogP contribution in [0.3, 0.4) is 0 Å². The van der Waals surface area contributed by atoms with Crippen molar-refractivity contribution in [1.82, 2.24) is 4.31 Å². The minimum Gasteiger partial charge on any atom is -0.251 e. The molecule has 2 saturated heterocycles. The van der Waals surface area contributed by atoms with Gasteiger partial charge >= 0.3 is 0 Å². The Balaban J connectivity index is 2.01. The molecule has 2 heteroatoms. The maximum absolute atomic E-state index is 2.56. The van der Waals surface area contributed by atoms with E-state index < -0.39 is 0 Å². The number of rotatable bonds is 0. The molecule has 2 heterocycles. The molecule has 0 aromatic rings. The van der Waals surface area contributed by atoms with E-state index in [-0.39, 0.29) is 0 Å². The summed E-state index contributed by atoms with van der Waals surface area (Å²) in [5, 5.41) is 0. The van der Waals surface area contributed by atoms with E-state index in [9.17, 15) is 0 Å². The number of fused-ring (bicyclic) bond motifs is 3. The highest BCUT2D eigenvalue weighted by Gasteiger charge is 2.20. The van der Waals surface area contributed by atoms with Crippen molar-refractivity contribution in [2.75, 3.05) is 18.8 Å². The van der Waals surface area contributed by atoms with Crippen molar-refractivity contribution in [3.8, 4) is 0 Å². The van der Waals surface area contributed by atoms with Gasteiger partial charge in [-0.15, -0.1) is 0 Å². The van der Waals surface area contributed by atoms with Crippen LogP contribution >= 0.6 is 11.9 Å². The monoisotopic (exact) mass is 157 g/mol. The quantitative estimate of drug-likeness (QED) is 0.496. The van der Waals surface area contributed by atoms with Crippen molar-refractivity contribution in [2.45, 2.75) is 25.7 Å². The van der Waals surface area contributed by atoms with E-state index in [1.807, 2.05) is 0 Å². The molecule has 0 spiro atoms. The summed E-state index contributed by atoms with van der Waals surface area (Å²) in [4.78, 5) is 0. The van der Waals surface area contributed by atoms with Gasteiger partial charge in [-0.2, -0.15) is 0 Å². The van der Waals surface area contributed by atoms with Crippen LogP contribution in [0.4, 0.5) is 0 Å². The Bertz CT molecular complexity index is 93.8. The lowest BCUT2D eigenvalue weighted by Crippen LogP contribution is -2.15. The lowest BCUT2D eigenvalue weighted by molar-refractivity contribution is 0.458. The maximum Gasteiger partial charge on any atom is 0.00919 e. The van der Waals surface area contributed by atoms with Crippen LogP contribution < -0.4 is 0 Å². The summed E-state index contributed by atoms with van der Waals surface area (Å²) in [5.41, 5.74) is 0. The largest absolute Gasteiger partial charge is 0.251 e. The molecule has 0 radical (unpaired) electrons. The Morgan fingerprint density at radius 2 is 2.10 bits per heavy atom. The van der Waals surface area contributed by atoms with Gasteiger partial charge in [0.15, 0.2) is 0 Å². The van der Waals surface area contributed by atoms with Gasteiger partial charge in [-0.1, -0.05) is 11.9 Å². The third-order valence-electron chi connectivity index (χ3n) is 2.61. The fraction of sp³-hybridized carbons (Fsp3) is 1.00. The standard InChI is InChI=1S/C8H15NS/c1-2-8-3-6-9(5-1)10-7-4-8/h8H,1-7H2. The van der Waals surface area contributed by atoms with Crippen LogP contribution in [0.2, 0.25) is 0 Å². The molecule has 2 atom stereocenters. The van der Waals surface area contributed by atoms with Crippen molar-refractivity contribution in [2.24, 2.45) is 5.92 Å². The lowest BCUT2D eigenvalue weighted by atomic mass is 9.98. The second kappa shape index (κ2) is 3.14. The molecule has 1 nitrogen and oxygen atoms in total. The van der Waals surface area contributed by atoms with Crippen molar-refractivity contribution < 1.29 is 0 Å². The van der Waals surface area contributed by atoms with Crippen LogP contribution in [0.5, 0.6) is 0 Å². The molecule has 0 aromatic carbocycles. The molecule has 0 aliphatic carbocycles. The zero-order valence-electron chi connectivity index (χ0n) is 6.38. The molecule has 2 aliphatic heterocycles. The Labute approximate surface area is 67.3 Å². The van der Waals surface area contributed by atoms with E-state index in [1.54, 1.807) is 0 Å². The van der Waals surface area contributed by atoms with Crippen molar-refractivity contribution in [3.63, 3.8) is 0 Å². The Morgan fingerprint density at radius 3 is 3.10 bits per heavy atom. The highest BCUT2D eigenvalue weighted by molar-refractivity contribution is 7.97. The predicted molar refractivity (Wildman–Crippen MR) is 46.0 cm³/mol. The van der Waals surface area contributed by atoms with E-state index in [0.717, 1.165) is 5.92 Å². The van der Waals surface area contributed by atoms with Gasteiger partial charge < -0.3 is 0 Å². The summed E-state index contributed by atoms with van der Waals surface area (Å²) in [6.45, 7) is 2.70. The van der Waals surface area contributed by atoms with Gasteiger partial charge in [-0.25, -0.2) is 0 Å². The topological polar surface area (TPSA) is 3.24 Å². The molecule has 2 aliphatic rings. The summed E-state index contributed by atoms with van der Waals surface area (Å²) in [5.74, 6) is 2.45. The molecule has 0 N–H and O–H groups in total. The first-order chi connectivity index (χ1) is 4.95. The van der Waals surface area contributed by atoms with Gasteiger partial charge in [0.25, 0.3) is 0 Å². The Hall–Kier alpha value is 0.310. The molecule has 58 valence electrons. The summed E-state index contributed by atoms with van der Waals surface area (Å²) in [6.07, 6.45) is 5.88. The van der Waals surface area contributed by atoms with Gasteiger partial charge in [0.1, 0.15) is 0 Å². The first-order valence-corrected chi connectivity index (χ1v) is 5.27. The fourth-order valence-electron chi connectivity index (χ4n) is 1.91. The summed E-state index contributed by atoms with van der Waals surface area (Å²) >= 11 is 2.07. The van der Waals surface area contributed by atoms with Crippen molar-refractivity contribution >= 4 is 11.9 Å². The Kier molecular flexibility index (Phi) is 2.19. The number of hydrogen-bond donors (Lipinski definition) is 0. The molecule has 0 saturated carbocycles. The molecule has 2 bridgehead atoms. The smallest absolute Gasteiger partial charge is 0.00919 e. The van der Waals surface area contributed by atoms with Crippen molar-refractivity contribution in [1.29, 1.82) is 0 Å². The minimum atomic E-state index is 1.07. The second-order valence-corrected chi connectivity index (χ2v) is 4.53. The predicted octanol–water partition coefficient (Wildman–Crippen LogP) is 2.14. The molecule has 10 heavy (non-hydrogen) atoms. The normalized spacial score (nSPS) is 40.8. The Morgan fingerprint density at radius 1 is 1.10 bits per heavy atom. The van der Waals surface area contributed by atoms with Crippen LogP contribution in [-0.4, -0.2) is 23.1 Å². The highest BCUT2D eigenvalue weighted by Crippen LogP contribution is 2.30. The average Bonchev–Trinajstić information content (AvgIpc) is 2.17. The summed E-state index contributed by atoms with van der Waals surface area (Å²) in [6, 6.07) is 0. The van der Waals surface area contributed by atoms with E-state index in [0.29, 0.717) is 0 Å². The van der Waals surface area contributed by atoms with Crippen LogP contribution in [0.25, 0.3) is 0 Å². The highest BCUT2D eigenvalue weighted by atomic mass is 32.2. The summed E-state index contributed by atoms with van der Waals surface area (Å²) in [7, 11) is 0. The van der Waals surface area contributed by atoms with Crippen LogP contribution in [-0.2, 0) is 0 Å². The zero-order valence-corrected chi connectivity index (χ0v) is 7.20. The first kappa shape index (κ1) is 6.99. The average molecular weight is 157 g/mol.